The fourth-order valence-electron chi connectivity index (χ4n) is 4.55. The van der Waals surface area contributed by atoms with Gasteiger partial charge in [-0.25, -0.2) is 0 Å². The molecule has 0 radical (unpaired) electrons. The van der Waals surface area contributed by atoms with Crippen LogP contribution in [0.4, 0.5) is 21.6 Å². The Balaban J connectivity index is 1.02. The van der Waals surface area contributed by atoms with Gasteiger partial charge in [-0.3, -0.25) is 14.6 Å². The summed E-state index contributed by atoms with van der Waals surface area (Å²) in [5.41, 5.74) is 5.29. The first kappa shape index (κ1) is 32.7. The highest BCUT2D eigenvalue weighted by Gasteiger charge is 2.15. The smallest absolute Gasteiger partial charge is 0.226 e. The van der Waals surface area contributed by atoms with Crippen LogP contribution in [-0.4, -0.2) is 51.4 Å². The number of methoxy groups -OCH3 is 2. The Morgan fingerprint density at radius 2 is 1.27 bits per heavy atom. The van der Waals surface area contributed by atoms with Gasteiger partial charge in [-0.15, -0.1) is 20.4 Å². The van der Waals surface area contributed by atoms with Crippen molar-refractivity contribution in [3.63, 3.8) is 0 Å². The zero-order valence-corrected chi connectivity index (χ0v) is 28.8. The Labute approximate surface area is 291 Å². The normalized spacial score (nSPS) is 10.7. The van der Waals surface area contributed by atoms with Crippen LogP contribution in [0.3, 0.4) is 0 Å². The predicted molar refractivity (Wildman–Crippen MR) is 191 cm³/mol. The first-order valence-electron chi connectivity index (χ1n) is 14.4. The number of pyridine rings is 1. The molecular weight excluding hydrogens is 716 g/mol. The first-order chi connectivity index (χ1) is 23.4. The minimum atomic E-state index is -0.345. The molecule has 0 atom stereocenters. The Hall–Kier alpha value is -5.25. The van der Waals surface area contributed by atoms with Gasteiger partial charge >= 0.3 is 0 Å². The van der Waals surface area contributed by atoms with E-state index < -0.39 is 0 Å². The zero-order valence-electron chi connectivity index (χ0n) is 25.6. The van der Waals surface area contributed by atoms with Gasteiger partial charge in [0.05, 0.1) is 14.2 Å². The summed E-state index contributed by atoms with van der Waals surface area (Å²) < 4.78 is 11.8. The minimum Gasteiger partial charge on any atom is -0.493 e. The standard InChI is InChI=1S/C33H27BrN8O4S2/c1-45-26-12-7-21(17-27(26)46-2)24-18-35-16-15-25(24)36-23-10-5-20(6-11-23)31-40-42-33(48-31)38-29(44)14-13-28(43)37-32-41-39-30(47-32)19-3-8-22(34)9-4-19/h3-12,15-18H,13-14H2,1-2H3,(H,35,36)(H,37,41,43)(H,38,42,44). The molecule has 3 N–H and O–H groups in total. The molecule has 2 amide bonds. The van der Waals surface area contributed by atoms with E-state index in [0.29, 0.717) is 31.8 Å². The van der Waals surface area contributed by atoms with Gasteiger partial charge < -0.3 is 25.4 Å². The molecule has 242 valence electrons. The van der Waals surface area contributed by atoms with Crippen molar-refractivity contribution in [3.8, 4) is 43.8 Å². The third-order valence-electron chi connectivity index (χ3n) is 6.94. The van der Waals surface area contributed by atoms with Crippen LogP contribution in [0.1, 0.15) is 12.8 Å². The lowest BCUT2D eigenvalue weighted by atomic mass is 10.0. The molecule has 0 fully saturated rings. The van der Waals surface area contributed by atoms with Crippen LogP contribution in [0.2, 0.25) is 0 Å². The number of halogens is 1. The van der Waals surface area contributed by atoms with E-state index in [1.807, 2.05) is 72.8 Å². The summed E-state index contributed by atoms with van der Waals surface area (Å²) in [4.78, 5) is 29.3. The van der Waals surface area contributed by atoms with E-state index in [1.165, 1.54) is 22.7 Å². The van der Waals surface area contributed by atoms with Crippen molar-refractivity contribution >= 4 is 72.1 Å². The van der Waals surface area contributed by atoms with Gasteiger partial charge in [0.1, 0.15) is 10.0 Å². The summed E-state index contributed by atoms with van der Waals surface area (Å²) in [5, 5.41) is 27.4. The van der Waals surface area contributed by atoms with Gasteiger partial charge in [-0.1, -0.05) is 56.8 Å². The molecule has 0 saturated carbocycles. The number of carbonyl (C=O) groups is 2. The molecule has 6 aromatic rings. The van der Waals surface area contributed by atoms with E-state index in [9.17, 15) is 9.59 Å². The molecule has 0 aliphatic heterocycles. The fraction of sp³-hybridized carbons (Fsp3) is 0.121. The average molecular weight is 744 g/mol. The number of nitrogens with zero attached hydrogens (tertiary/aromatic N) is 5. The Morgan fingerprint density at radius 1 is 0.708 bits per heavy atom. The molecule has 3 aromatic carbocycles. The Bertz CT molecular complexity index is 2050. The van der Waals surface area contributed by atoms with Crippen LogP contribution in [0, 0.1) is 0 Å². The molecule has 0 bridgehead atoms. The van der Waals surface area contributed by atoms with E-state index >= 15 is 0 Å². The highest BCUT2D eigenvalue weighted by molar-refractivity contribution is 9.10. The van der Waals surface area contributed by atoms with Crippen LogP contribution in [0.5, 0.6) is 11.5 Å². The molecule has 0 unspecified atom stereocenters. The number of anilines is 4. The average Bonchev–Trinajstić information content (AvgIpc) is 3.78. The maximum absolute atomic E-state index is 12.5. The first-order valence-corrected chi connectivity index (χ1v) is 16.9. The van der Waals surface area contributed by atoms with E-state index in [2.05, 4.69) is 57.3 Å². The van der Waals surface area contributed by atoms with E-state index in [0.717, 1.165) is 38.1 Å². The van der Waals surface area contributed by atoms with E-state index in [1.54, 1.807) is 26.6 Å². The van der Waals surface area contributed by atoms with E-state index in [4.69, 9.17) is 9.47 Å². The van der Waals surface area contributed by atoms with Gasteiger partial charge in [-0.2, -0.15) is 0 Å². The van der Waals surface area contributed by atoms with Crippen molar-refractivity contribution < 1.29 is 19.1 Å². The van der Waals surface area contributed by atoms with Gasteiger partial charge in [0, 0.05) is 57.8 Å². The molecular formula is C33H27BrN8O4S2. The van der Waals surface area contributed by atoms with Crippen LogP contribution in [0.25, 0.3) is 32.3 Å². The zero-order chi connectivity index (χ0) is 33.5. The lowest BCUT2D eigenvalue weighted by molar-refractivity contribution is -0.121. The second-order valence-electron chi connectivity index (χ2n) is 10.1. The predicted octanol–water partition coefficient (Wildman–Crippen LogP) is 7.67. The monoisotopic (exact) mass is 742 g/mol. The molecule has 48 heavy (non-hydrogen) atoms. The number of hydrogen-bond acceptors (Lipinski definition) is 12. The molecule has 6 rings (SSSR count). The molecule has 15 heteroatoms. The van der Waals surface area contributed by atoms with Crippen molar-refractivity contribution in [1.82, 2.24) is 25.4 Å². The Kier molecular flexibility index (Phi) is 10.3. The number of rotatable bonds is 12. The molecule has 0 spiro atoms. The molecule has 0 aliphatic rings. The summed E-state index contributed by atoms with van der Waals surface area (Å²) in [6.45, 7) is 0. The summed E-state index contributed by atoms with van der Waals surface area (Å²) in [5.74, 6) is 0.596. The van der Waals surface area contributed by atoms with Crippen molar-refractivity contribution in [2.45, 2.75) is 12.8 Å². The summed E-state index contributed by atoms with van der Waals surface area (Å²) in [6.07, 6.45) is 3.47. The molecule has 12 nitrogen and oxygen atoms in total. The quantitative estimate of drug-likeness (QED) is 0.114. The minimum absolute atomic E-state index is 0.0235. The van der Waals surface area contributed by atoms with Crippen LogP contribution < -0.4 is 25.4 Å². The molecule has 3 heterocycles. The van der Waals surface area contributed by atoms with Crippen molar-refractivity contribution in [1.29, 1.82) is 0 Å². The molecule has 0 saturated heterocycles. The SMILES string of the molecule is COc1ccc(-c2cnccc2Nc2ccc(-c3nnc(NC(=O)CCC(=O)Nc4nnc(-c5ccc(Br)cc5)s4)s3)cc2)cc1OC. The Morgan fingerprint density at radius 3 is 1.85 bits per heavy atom. The lowest BCUT2D eigenvalue weighted by Crippen LogP contribution is -2.17. The lowest BCUT2D eigenvalue weighted by Gasteiger charge is -2.14. The number of aromatic nitrogens is 5. The highest BCUT2D eigenvalue weighted by atomic mass is 79.9. The number of ether oxygens (including phenoxy) is 2. The number of benzene rings is 3. The van der Waals surface area contributed by atoms with Crippen molar-refractivity contribution in [2.75, 3.05) is 30.2 Å². The number of nitrogens with one attached hydrogen (secondary N) is 3. The summed E-state index contributed by atoms with van der Waals surface area (Å²) >= 11 is 5.91. The molecule has 0 aliphatic carbocycles. The number of amides is 2. The van der Waals surface area contributed by atoms with Crippen LogP contribution in [-0.2, 0) is 9.59 Å². The van der Waals surface area contributed by atoms with Gasteiger partial charge in [0.15, 0.2) is 11.5 Å². The third-order valence-corrected chi connectivity index (χ3v) is 9.24. The van der Waals surface area contributed by atoms with Crippen LogP contribution >= 0.6 is 38.6 Å². The maximum atomic E-state index is 12.5. The summed E-state index contributed by atoms with van der Waals surface area (Å²) in [7, 11) is 3.21. The summed E-state index contributed by atoms with van der Waals surface area (Å²) in [6, 6.07) is 23.0. The largest absolute Gasteiger partial charge is 0.493 e. The van der Waals surface area contributed by atoms with E-state index in [-0.39, 0.29) is 24.7 Å². The van der Waals surface area contributed by atoms with Crippen molar-refractivity contribution in [2.24, 2.45) is 0 Å². The second kappa shape index (κ2) is 15.1. The van der Waals surface area contributed by atoms with Gasteiger partial charge in [0.2, 0.25) is 22.1 Å². The number of carbonyl (C=O) groups excluding carboxylic acids is 2. The fourth-order valence-corrected chi connectivity index (χ4v) is 6.35. The third kappa shape index (κ3) is 7.99. The highest BCUT2D eigenvalue weighted by Crippen LogP contribution is 2.36. The van der Waals surface area contributed by atoms with Gasteiger partial charge in [-0.05, 0) is 60.2 Å². The second-order valence-corrected chi connectivity index (χ2v) is 13.0. The van der Waals surface area contributed by atoms with Gasteiger partial charge in [0.25, 0.3) is 0 Å². The maximum Gasteiger partial charge on any atom is 0.226 e. The molecule has 3 aromatic heterocycles. The number of hydrogen-bond donors (Lipinski definition) is 3. The van der Waals surface area contributed by atoms with Crippen molar-refractivity contribution in [3.05, 3.63) is 89.7 Å². The van der Waals surface area contributed by atoms with Crippen LogP contribution in [0.15, 0.2) is 89.7 Å². The topological polar surface area (TPSA) is 153 Å².